The standard InChI is InChI=1S/C50H34N4/c1-4-17-35(18-5-1)42-27-16-28-43(36-19-14-21-38(33-36)49-51-44-29-10-12-31-46(44)53(49)40-23-6-2-7-24-40)48(42)37-20-15-22-39(34-37)50-52-45-30-11-13-32-47(45)54(50)41-25-8-3-9-26-41/h1-34H. The van der Waals surface area contributed by atoms with Crippen LogP contribution in [0.3, 0.4) is 0 Å². The first kappa shape index (κ1) is 31.4. The van der Waals surface area contributed by atoms with Crippen molar-refractivity contribution in [2.75, 3.05) is 0 Å². The van der Waals surface area contributed by atoms with E-state index in [4.69, 9.17) is 9.97 Å². The Balaban J connectivity index is 1.18. The van der Waals surface area contributed by atoms with Crippen molar-refractivity contribution >= 4 is 22.1 Å². The lowest BCUT2D eigenvalue weighted by Gasteiger charge is -2.18. The predicted molar refractivity (Wildman–Crippen MR) is 223 cm³/mol. The summed E-state index contributed by atoms with van der Waals surface area (Å²) in [6.07, 6.45) is 0. The van der Waals surface area contributed by atoms with Gasteiger partial charge in [-0.15, -0.1) is 0 Å². The fraction of sp³-hybridized carbons (Fsp3) is 0. The fourth-order valence-electron chi connectivity index (χ4n) is 7.72. The van der Waals surface area contributed by atoms with E-state index < -0.39 is 0 Å². The number of fused-ring (bicyclic) bond motifs is 2. The molecule has 0 bridgehead atoms. The molecule has 0 aliphatic rings. The number of imidazole rings is 2. The highest BCUT2D eigenvalue weighted by molar-refractivity contribution is 5.96. The molecule has 10 rings (SSSR count). The lowest BCUT2D eigenvalue weighted by molar-refractivity contribution is 1.10. The van der Waals surface area contributed by atoms with Crippen LogP contribution in [0.15, 0.2) is 206 Å². The van der Waals surface area contributed by atoms with E-state index in [0.29, 0.717) is 0 Å². The number of rotatable bonds is 7. The second kappa shape index (κ2) is 13.4. The third-order valence-corrected chi connectivity index (χ3v) is 10.1. The highest BCUT2D eigenvalue weighted by atomic mass is 15.1. The molecule has 0 unspecified atom stereocenters. The minimum absolute atomic E-state index is 0.907. The molecule has 8 aromatic carbocycles. The van der Waals surface area contributed by atoms with Crippen LogP contribution in [0.2, 0.25) is 0 Å². The van der Waals surface area contributed by atoms with E-state index in [1.807, 2.05) is 0 Å². The van der Waals surface area contributed by atoms with Crippen LogP contribution >= 0.6 is 0 Å². The van der Waals surface area contributed by atoms with Crippen LogP contribution < -0.4 is 0 Å². The van der Waals surface area contributed by atoms with E-state index >= 15 is 0 Å². The minimum atomic E-state index is 0.907. The van der Waals surface area contributed by atoms with Crippen LogP contribution in [-0.4, -0.2) is 19.1 Å². The zero-order valence-electron chi connectivity index (χ0n) is 29.4. The van der Waals surface area contributed by atoms with Crippen molar-refractivity contribution < 1.29 is 0 Å². The van der Waals surface area contributed by atoms with Crippen LogP contribution in [0.1, 0.15) is 0 Å². The van der Waals surface area contributed by atoms with Crippen molar-refractivity contribution in [1.29, 1.82) is 0 Å². The van der Waals surface area contributed by atoms with E-state index in [1.54, 1.807) is 0 Å². The Morgan fingerprint density at radius 3 is 1.24 bits per heavy atom. The summed E-state index contributed by atoms with van der Waals surface area (Å²) in [6, 6.07) is 72.7. The first-order chi connectivity index (χ1) is 26.8. The Labute approximate surface area is 313 Å². The highest BCUT2D eigenvalue weighted by Gasteiger charge is 2.20. The number of hydrogen-bond donors (Lipinski definition) is 0. The van der Waals surface area contributed by atoms with Crippen LogP contribution in [0.25, 0.3) is 89.6 Å². The van der Waals surface area contributed by atoms with Crippen molar-refractivity contribution in [3.63, 3.8) is 0 Å². The average Bonchev–Trinajstić information content (AvgIpc) is 3.84. The highest BCUT2D eigenvalue weighted by Crippen LogP contribution is 2.42. The summed E-state index contributed by atoms with van der Waals surface area (Å²) in [5.41, 5.74) is 15.2. The Morgan fingerprint density at radius 1 is 0.296 bits per heavy atom. The Bertz CT molecular complexity index is 2920. The lowest BCUT2D eigenvalue weighted by atomic mass is 9.86. The molecule has 0 fully saturated rings. The number of nitrogens with zero attached hydrogens (tertiary/aromatic N) is 4. The number of benzene rings is 8. The van der Waals surface area contributed by atoms with Crippen molar-refractivity contribution in [3.8, 4) is 67.5 Å². The van der Waals surface area contributed by atoms with Gasteiger partial charge in [0, 0.05) is 22.5 Å². The molecule has 0 amide bonds. The molecular weight excluding hydrogens is 657 g/mol. The molecular formula is C50H34N4. The lowest BCUT2D eigenvalue weighted by Crippen LogP contribution is -1.98. The summed E-state index contributed by atoms with van der Waals surface area (Å²) in [5, 5.41) is 0. The van der Waals surface area contributed by atoms with E-state index in [1.165, 1.54) is 16.7 Å². The van der Waals surface area contributed by atoms with Crippen molar-refractivity contribution in [1.82, 2.24) is 19.1 Å². The third-order valence-electron chi connectivity index (χ3n) is 10.1. The molecule has 10 aromatic rings. The van der Waals surface area contributed by atoms with Gasteiger partial charge in [0.1, 0.15) is 11.6 Å². The van der Waals surface area contributed by atoms with E-state index in [2.05, 4.69) is 215 Å². The van der Waals surface area contributed by atoms with Gasteiger partial charge in [-0.05, 0) is 94.0 Å². The van der Waals surface area contributed by atoms with Crippen molar-refractivity contribution in [2.45, 2.75) is 0 Å². The molecule has 0 aliphatic carbocycles. The Morgan fingerprint density at radius 2 is 0.685 bits per heavy atom. The molecule has 254 valence electrons. The molecule has 0 aliphatic heterocycles. The molecule has 0 radical (unpaired) electrons. The predicted octanol–water partition coefficient (Wildman–Crippen LogP) is 12.7. The SMILES string of the molecule is c1ccc(-c2cccc(-c3cccc(-c4nc5ccccc5n4-c4ccccc4)c3)c2-c2cccc(-c3nc4ccccc4n3-c3ccccc3)c2)cc1. The maximum atomic E-state index is 5.21. The maximum absolute atomic E-state index is 5.21. The molecule has 0 saturated heterocycles. The summed E-state index contributed by atoms with van der Waals surface area (Å²) in [6.45, 7) is 0. The molecule has 0 spiro atoms. The van der Waals surface area contributed by atoms with Gasteiger partial charge in [-0.1, -0.05) is 146 Å². The zero-order valence-corrected chi connectivity index (χ0v) is 29.4. The molecule has 0 N–H and O–H groups in total. The molecule has 2 heterocycles. The monoisotopic (exact) mass is 690 g/mol. The molecule has 0 atom stereocenters. The minimum Gasteiger partial charge on any atom is -0.292 e. The van der Waals surface area contributed by atoms with Crippen molar-refractivity contribution in [2.24, 2.45) is 0 Å². The van der Waals surface area contributed by atoms with E-state index in [9.17, 15) is 0 Å². The first-order valence-corrected chi connectivity index (χ1v) is 18.3. The van der Waals surface area contributed by atoms with Gasteiger partial charge < -0.3 is 0 Å². The number of aromatic nitrogens is 4. The fourth-order valence-corrected chi connectivity index (χ4v) is 7.72. The van der Waals surface area contributed by atoms with Crippen LogP contribution in [0, 0.1) is 0 Å². The van der Waals surface area contributed by atoms with Crippen LogP contribution in [0.5, 0.6) is 0 Å². The normalized spacial score (nSPS) is 11.3. The van der Waals surface area contributed by atoms with Gasteiger partial charge >= 0.3 is 0 Å². The van der Waals surface area contributed by atoms with Crippen LogP contribution in [0.4, 0.5) is 0 Å². The molecule has 54 heavy (non-hydrogen) atoms. The second-order valence-corrected chi connectivity index (χ2v) is 13.4. The molecule has 0 saturated carbocycles. The zero-order chi connectivity index (χ0) is 35.8. The Kier molecular flexibility index (Phi) is 7.77. The summed E-state index contributed by atoms with van der Waals surface area (Å²) in [4.78, 5) is 10.4. The Hall–Kier alpha value is -7.30. The molecule has 4 nitrogen and oxygen atoms in total. The average molecular weight is 691 g/mol. The largest absolute Gasteiger partial charge is 0.292 e. The second-order valence-electron chi connectivity index (χ2n) is 13.4. The first-order valence-electron chi connectivity index (χ1n) is 18.3. The van der Waals surface area contributed by atoms with Gasteiger partial charge in [0.2, 0.25) is 0 Å². The van der Waals surface area contributed by atoms with E-state index in [0.717, 1.165) is 72.9 Å². The molecule has 4 heteroatoms. The van der Waals surface area contributed by atoms with Gasteiger partial charge in [-0.3, -0.25) is 9.13 Å². The van der Waals surface area contributed by atoms with Crippen molar-refractivity contribution in [3.05, 3.63) is 206 Å². The summed E-state index contributed by atoms with van der Waals surface area (Å²) in [7, 11) is 0. The summed E-state index contributed by atoms with van der Waals surface area (Å²) in [5.74, 6) is 1.82. The van der Waals surface area contributed by atoms with E-state index in [-0.39, 0.29) is 0 Å². The maximum Gasteiger partial charge on any atom is 0.145 e. The van der Waals surface area contributed by atoms with Crippen LogP contribution in [-0.2, 0) is 0 Å². The third kappa shape index (κ3) is 5.49. The topological polar surface area (TPSA) is 35.6 Å². The van der Waals surface area contributed by atoms with Gasteiger partial charge in [0.05, 0.1) is 22.1 Å². The number of hydrogen-bond acceptors (Lipinski definition) is 2. The smallest absolute Gasteiger partial charge is 0.145 e. The molecule has 2 aromatic heterocycles. The summed E-state index contributed by atoms with van der Waals surface area (Å²) < 4.78 is 4.53. The van der Waals surface area contributed by atoms with Gasteiger partial charge in [-0.25, -0.2) is 9.97 Å². The van der Waals surface area contributed by atoms with Gasteiger partial charge in [-0.2, -0.15) is 0 Å². The van der Waals surface area contributed by atoms with Gasteiger partial charge in [0.15, 0.2) is 0 Å². The summed E-state index contributed by atoms with van der Waals surface area (Å²) >= 11 is 0. The number of para-hydroxylation sites is 6. The van der Waals surface area contributed by atoms with Gasteiger partial charge in [0.25, 0.3) is 0 Å². The quantitative estimate of drug-likeness (QED) is 0.167.